The van der Waals surface area contributed by atoms with E-state index in [9.17, 15) is 27.9 Å². The van der Waals surface area contributed by atoms with Crippen molar-refractivity contribution in [1.29, 1.82) is 0 Å². The summed E-state index contributed by atoms with van der Waals surface area (Å²) in [5, 5.41) is 21.1. The van der Waals surface area contributed by atoms with Crippen molar-refractivity contribution in [2.75, 3.05) is 6.61 Å². The van der Waals surface area contributed by atoms with Gasteiger partial charge < -0.3 is 20.9 Å². The number of fused-ring (bicyclic) bond motifs is 2. The standard InChI is InChI=1S/C21H19N5O5.C7H10N2O2S.ClH/c1-3-8-31-20(30)13-4-5-14-12(11(13)2)6-7-15(14)24-18(27)17-9-16(19(28)29)25-21-22-10-23-26(17)21;8-5-6-2-1-3-7(4-6)12(9,10)11;/h3-5,9-10,15H,1,6-8H2,2H3,(H,24,27)(H,28,29);1-4H,5,8H2,(H2,9,10,11);1H/t15-;;/m0../s1. The third-order valence-electron chi connectivity index (χ3n) is 6.72. The fraction of sp³-hybridized carbons (Fsp3) is 0.214. The van der Waals surface area contributed by atoms with Crippen LogP contribution in [0.3, 0.4) is 0 Å². The van der Waals surface area contributed by atoms with E-state index in [1.807, 2.05) is 13.0 Å². The Balaban J connectivity index is 0.000000344. The van der Waals surface area contributed by atoms with Gasteiger partial charge in [-0.15, -0.1) is 12.4 Å². The van der Waals surface area contributed by atoms with Crippen molar-refractivity contribution in [1.82, 2.24) is 24.9 Å². The van der Waals surface area contributed by atoms with Gasteiger partial charge in [-0.2, -0.15) is 14.6 Å². The number of hydrogen-bond acceptors (Lipinski definition) is 10. The van der Waals surface area contributed by atoms with Gasteiger partial charge in [-0.25, -0.2) is 28.1 Å². The van der Waals surface area contributed by atoms with E-state index in [-0.39, 0.29) is 47.1 Å². The second-order valence-electron chi connectivity index (χ2n) is 9.46. The van der Waals surface area contributed by atoms with Crippen LogP contribution < -0.4 is 16.2 Å². The van der Waals surface area contributed by atoms with Crippen LogP contribution >= 0.6 is 12.4 Å². The van der Waals surface area contributed by atoms with Gasteiger partial charge in [0.05, 0.1) is 16.5 Å². The van der Waals surface area contributed by atoms with Crippen LogP contribution in [0.2, 0.25) is 0 Å². The zero-order valence-corrected chi connectivity index (χ0v) is 25.1. The zero-order chi connectivity index (χ0) is 31.3. The molecule has 1 aliphatic rings. The molecule has 0 fully saturated rings. The van der Waals surface area contributed by atoms with E-state index >= 15 is 0 Å². The largest absolute Gasteiger partial charge is 0.477 e. The highest BCUT2D eigenvalue weighted by atomic mass is 35.5. The molecule has 5 rings (SSSR count). The second kappa shape index (κ2) is 14.2. The summed E-state index contributed by atoms with van der Waals surface area (Å²) in [7, 11) is -3.59. The minimum Gasteiger partial charge on any atom is -0.477 e. The number of rotatable bonds is 8. The highest BCUT2D eigenvalue weighted by Crippen LogP contribution is 2.35. The van der Waals surface area contributed by atoms with Crippen molar-refractivity contribution in [3.8, 4) is 0 Å². The quantitative estimate of drug-likeness (QED) is 0.161. The lowest BCUT2D eigenvalue weighted by atomic mass is 9.98. The lowest BCUT2D eigenvalue weighted by molar-refractivity contribution is 0.0548. The molecule has 2 aromatic heterocycles. The molecule has 1 amide bonds. The summed E-state index contributed by atoms with van der Waals surface area (Å²) < 4.78 is 28.0. The molecular weight excluding hydrogens is 614 g/mol. The molecule has 2 aromatic carbocycles. The molecule has 44 heavy (non-hydrogen) atoms. The van der Waals surface area contributed by atoms with Gasteiger partial charge in [0.2, 0.25) is 10.0 Å². The average Bonchev–Trinajstić information content (AvgIpc) is 3.63. The Bertz CT molecular complexity index is 1840. The molecule has 0 radical (unpaired) electrons. The Morgan fingerprint density at radius 2 is 1.98 bits per heavy atom. The number of amides is 1. The molecule has 232 valence electrons. The van der Waals surface area contributed by atoms with Gasteiger partial charge in [0.1, 0.15) is 18.6 Å². The molecular formula is C28H30ClN7O7S. The SMILES string of the molecule is C=CCOC(=O)c1ccc2c(c1C)CC[C@@H]2NC(=O)c1cc(C(=O)O)nc2ncnn12.Cl.NCc1cccc(S(N)(=O)=O)c1. The molecule has 16 heteroatoms. The van der Waals surface area contributed by atoms with Crippen LogP contribution in [0.25, 0.3) is 5.78 Å². The number of nitrogens with two attached hydrogens (primary N) is 2. The number of nitrogens with zero attached hydrogens (tertiary/aromatic N) is 4. The number of hydrogen-bond donors (Lipinski definition) is 4. The molecule has 1 atom stereocenters. The average molecular weight is 644 g/mol. The maximum absolute atomic E-state index is 13.0. The van der Waals surface area contributed by atoms with Gasteiger partial charge in [-0.05, 0) is 60.2 Å². The van der Waals surface area contributed by atoms with Gasteiger partial charge in [-0.3, -0.25) is 4.79 Å². The third kappa shape index (κ3) is 7.44. The molecule has 14 nitrogen and oxygen atoms in total. The van der Waals surface area contributed by atoms with E-state index in [0.29, 0.717) is 24.9 Å². The summed E-state index contributed by atoms with van der Waals surface area (Å²) in [4.78, 5) is 44.4. The first-order valence-electron chi connectivity index (χ1n) is 12.9. The first-order valence-corrected chi connectivity index (χ1v) is 14.5. The summed E-state index contributed by atoms with van der Waals surface area (Å²) in [5.41, 5.74) is 9.01. The summed E-state index contributed by atoms with van der Waals surface area (Å²) in [6.07, 6.45) is 4.04. The summed E-state index contributed by atoms with van der Waals surface area (Å²) >= 11 is 0. The maximum Gasteiger partial charge on any atom is 0.354 e. The van der Waals surface area contributed by atoms with E-state index in [1.54, 1.807) is 18.2 Å². The molecule has 0 aliphatic heterocycles. The number of esters is 1. The number of carboxylic acid groups (broad SMARTS) is 1. The number of aromatic nitrogens is 4. The van der Waals surface area contributed by atoms with Gasteiger partial charge in [-0.1, -0.05) is 30.9 Å². The van der Waals surface area contributed by atoms with Crippen LogP contribution in [0.1, 0.15) is 66.1 Å². The van der Waals surface area contributed by atoms with Crippen LogP contribution in [0.4, 0.5) is 0 Å². The minimum absolute atomic E-state index is 0. The van der Waals surface area contributed by atoms with Crippen LogP contribution in [-0.4, -0.2) is 57.6 Å². The van der Waals surface area contributed by atoms with Crippen molar-refractivity contribution in [3.63, 3.8) is 0 Å². The van der Waals surface area contributed by atoms with Gasteiger partial charge in [0.25, 0.3) is 11.7 Å². The molecule has 0 saturated carbocycles. The Labute approximate surface area is 258 Å². The molecule has 2 heterocycles. The molecule has 4 aromatic rings. The fourth-order valence-corrected chi connectivity index (χ4v) is 5.21. The van der Waals surface area contributed by atoms with E-state index < -0.39 is 27.9 Å². The van der Waals surface area contributed by atoms with Crippen LogP contribution in [0.15, 0.2) is 66.3 Å². The van der Waals surface area contributed by atoms with Crippen LogP contribution in [0.5, 0.6) is 0 Å². The summed E-state index contributed by atoms with van der Waals surface area (Å²) in [5.74, 6) is -2.16. The van der Waals surface area contributed by atoms with Crippen molar-refractivity contribution in [2.24, 2.45) is 10.9 Å². The number of carbonyl (C=O) groups excluding carboxylic acids is 2. The summed E-state index contributed by atoms with van der Waals surface area (Å²) in [6, 6.07) is 10.6. The highest BCUT2D eigenvalue weighted by molar-refractivity contribution is 7.89. The number of halogens is 1. The Morgan fingerprint density at radius 3 is 2.64 bits per heavy atom. The minimum atomic E-state index is -3.59. The normalized spacial score (nSPS) is 13.6. The number of benzene rings is 2. The lowest BCUT2D eigenvalue weighted by Crippen LogP contribution is -2.29. The van der Waals surface area contributed by atoms with Gasteiger partial charge in [0, 0.05) is 12.6 Å². The Morgan fingerprint density at radius 1 is 1.23 bits per heavy atom. The highest BCUT2D eigenvalue weighted by Gasteiger charge is 2.29. The van der Waals surface area contributed by atoms with Crippen molar-refractivity contribution in [2.45, 2.75) is 37.2 Å². The van der Waals surface area contributed by atoms with E-state index in [1.165, 1.54) is 35.1 Å². The molecule has 6 N–H and O–H groups in total. The fourth-order valence-electron chi connectivity index (χ4n) is 4.63. The first-order chi connectivity index (χ1) is 20.4. The smallest absolute Gasteiger partial charge is 0.354 e. The number of aromatic carboxylic acids is 1. The van der Waals surface area contributed by atoms with Crippen molar-refractivity contribution >= 4 is 46.1 Å². The third-order valence-corrected chi connectivity index (χ3v) is 7.63. The van der Waals surface area contributed by atoms with Gasteiger partial charge in [0.15, 0.2) is 5.69 Å². The summed E-state index contributed by atoms with van der Waals surface area (Å²) in [6.45, 7) is 5.83. The number of nitrogens with one attached hydrogen (secondary N) is 1. The van der Waals surface area contributed by atoms with Crippen LogP contribution in [-0.2, 0) is 27.7 Å². The molecule has 0 bridgehead atoms. The van der Waals surface area contributed by atoms with E-state index in [0.717, 1.165) is 22.3 Å². The van der Waals surface area contributed by atoms with E-state index in [2.05, 4.69) is 27.0 Å². The maximum atomic E-state index is 13.0. The molecule has 0 unspecified atom stereocenters. The number of sulfonamides is 1. The van der Waals surface area contributed by atoms with E-state index in [4.69, 9.17) is 15.6 Å². The monoisotopic (exact) mass is 643 g/mol. The second-order valence-corrected chi connectivity index (χ2v) is 11.0. The van der Waals surface area contributed by atoms with Crippen molar-refractivity contribution < 1.29 is 32.6 Å². The van der Waals surface area contributed by atoms with Gasteiger partial charge >= 0.3 is 11.9 Å². The zero-order valence-electron chi connectivity index (χ0n) is 23.5. The Kier molecular flexibility index (Phi) is 10.9. The number of carbonyl (C=O) groups is 3. The number of primary sulfonamides is 1. The topological polar surface area (TPSA) is 222 Å². The first kappa shape index (κ1) is 33.8. The Hall–Kier alpha value is -4.70. The molecule has 0 saturated heterocycles. The lowest BCUT2D eigenvalue weighted by Gasteiger charge is -2.16. The predicted octanol–water partition coefficient (Wildman–Crippen LogP) is 2.11. The van der Waals surface area contributed by atoms with Crippen LogP contribution in [0, 0.1) is 6.92 Å². The number of carboxylic acids is 1. The predicted molar refractivity (Wildman–Crippen MR) is 161 cm³/mol. The molecule has 0 spiro atoms. The number of ether oxygens (including phenoxy) is 1. The molecule has 1 aliphatic carbocycles. The van der Waals surface area contributed by atoms with Crippen molar-refractivity contribution in [3.05, 3.63) is 101 Å².